The molecule has 1 amide bonds. The summed E-state index contributed by atoms with van der Waals surface area (Å²) < 4.78 is 0. The van der Waals surface area contributed by atoms with Crippen LogP contribution in [0.25, 0.3) is 0 Å². The Labute approximate surface area is 143 Å². The fourth-order valence-corrected chi connectivity index (χ4v) is 3.98. The van der Waals surface area contributed by atoms with Gasteiger partial charge in [-0.05, 0) is 36.5 Å². The maximum atomic E-state index is 12.7. The molecule has 0 radical (unpaired) electrons. The monoisotopic (exact) mass is 330 g/mol. The van der Waals surface area contributed by atoms with Crippen molar-refractivity contribution in [1.82, 2.24) is 4.90 Å². The molecule has 1 aromatic carbocycles. The first-order chi connectivity index (χ1) is 11.2. The van der Waals surface area contributed by atoms with E-state index in [9.17, 15) is 14.7 Å². The molecule has 24 heavy (non-hydrogen) atoms. The highest BCUT2D eigenvalue weighted by atomic mass is 16.4. The number of carboxylic acids is 1. The molecule has 2 aliphatic rings. The Morgan fingerprint density at radius 1 is 1.08 bits per heavy atom. The summed E-state index contributed by atoms with van der Waals surface area (Å²) in [5.41, 5.74) is 3.29. The van der Waals surface area contributed by atoms with Crippen LogP contribution in [-0.2, 0) is 9.59 Å². The van der Waals surface area contributed by atoms with Crippen molar-refractivity contribution in [2.24, 2.45) is 17.3 Å². The SMILES string of the molecule is Cc1ccc(C)c(N2CCN(C(=O)[C@H]3[C@H](C(=O)O)C3(C)C)CC2)c1. The second-order valence-corrected chi connectivity index (χ2v) is 7.72. The van der Waals surface area contributed by atoms with Gasteiger partial charge in [-0.25, -0.2) is 0 Å². The first-order valence-corrected chi connectivity index (χ1v) is 8.57. The lowest BCUT2D eigenvalue weighted by atomic mass is 10.1. The van der Waals surface area contributed by atoms with Crippen LogP contribution in [0.4, 0.5) is 5.69 Å². The average molecular weight is 330 g/mol. The van der Waals surface area contributed by atoms with Crippen LogP contribution in [0.1, 0.15) is 25.0 Å². The van der Waals surface area contributed by atoms with Gasteiger partial charge in [0.15, 0.2) is 0 Å². The molecule has 0 unspecified atom stereocenters. The van der Waals surface area contributed by atoms with E-state index in [4.69, 9.17) is 0 Å². The molecule has 0 aromatic heterocycles. The molecule has 3 rings (SSSR count). The highest BCUT2D eigenvalue weighted by Crippen LogP contribution is 2.59. The van der Waals surface area contributed by atoms with Crippen molar-refractivity contribution in [3.05, 3.63) is 29.3 Å². The van der Waals surface area contributed by atoms with Gasteiger partial charge >= 0.3 is 5.97 Å². The third-order valence-electron chi connectivity index (χ3n) is 5.66. The van der Waals surface area contributed by atoms with E-state index in [1.165, 1.54) is 16.8 Å². The molecule has 1 N–H and O–H groups in total. The van der Waals surface area contributed by atoms with E-state index in [-0.39, 0.29) is 11.8 Å². The highest BCUT2D eigenvalue weighted by Gasteiger charge is 2.66. The second kappa shape index (κ2) is 5.80. The van der Waals surface area contributed by atoms with Crippen LogP contribution >= 0.6 is 0 Å². The number of piperazine rings is 1. The molecule has 1 saturated carbocycles. The van der Waals surface area contributed by atoms with Crippen molar-refractivity contribution < 1.29 is 14.7 Å². The number of amides is 1. The Morgan fingerprint density at radius 3 is 2.25 bits per heavy atom. The Bertz CT molecular complexity index is 675. The van der Waals surface area contributed by atoms with E-state index in [2.05, 4.69) is 36.9 Å². The fraction of sp³-hybridized carbons (Fsp3) is 0.579. The third kappa shape index (κ3) is 2.76. The minimum atomic E-state index is -0.854. The first-order valence-electron chi connectivity index (χ1n) is 8.57. The van der Waals surface area contributed by atoms with Crippen LogP contribution in [0, 0.1) is 31.1 Å². The Balaban J connectivity index is 1.64. The third-order valence-corrected chi connectivity index (χ3v) is 5.66. The Kier molecular flexibility index (Phi) is 4.06. The summed E-state index contributed by atoms with van der Waals surface area (Å²) in [7, 11) is 0. The molecular formula is C19H26N2O3. The van der Waals surface area contributed by atoms with Gasteiger partial charge in [0.2, 0.25) is 5.91 Å². The molecule has 1 aliphatic heterocycles. The average Bonchev–Trinajstić information content (AvgIpc) is 3.12. The molecule has 130 valence electrons. The summed E-state index contributed by atoms with van der Waals surface area (Å²) in [6.07, 6.45) is 0. The van der Waals surface area contributed by atoms with Crippen LogP contribution in [0.5, 0.6) is 0 Å². The van der Waals surface area contributed by atoms with E-state index < -0.39 is 17.3 Å². The molecular weight excluding hydrogens is 304 g/mol. The van der Waals surface area contributed by atoms with E-state index in [1.807, 2.05) is 18.7 Å². The number of carbonyl (C=O) groups is 2. The number of aryl methyl sites for hydroxylation is 2. The smallest absolute Gasteiger partial charge is 0.307 e. The van der Waals surface area contributed by atoms with Gasteiger partial charge < -0.3 is 14.9 Å². The molecule has 2 atom stereocenters. The van der Waals surface area contributed by atoms with E-state index in [0.717, 1.165) is 13.1 Å². The van der Waals surface area contributed by atoms with Gasteiger partial charge in [-0.1, -0.05) is 26.0 Å². The number of carboxylic acid groups (broad SMARTS) is 1. The molecule has 5 heteroatoms. The standard InChI is InChI=1S/C19H26N2O3/c1-12-5-6-13(2)14(11-12)20-7-9-21(10-8-20)17(22)15-16(18(23)24)19(15,3)4/h5-6,11,15-16H,7-10H2,1-4H3,(H,23,24)/t15-,16-/m1/s1. The fourth-order valence-electron chi connectivity index (χ4n) is 3.98. The normalized spacial score (nSPS) is 25.5. The minimum absolute atomic E-state index is 0.00742. The topological polar surface area (TPSA) is 60.9 Å². The van der Waals surface area contributed by atoms with Crippen LogP contribution in [0.3, 0.4) is 0 Å². The summed E-state index contributed by atoms with van der Waals surface area (Å²) in [5, 5.41) is 9.27. The van der Waals surface area contributed by atoms with Crippen molar-refractivity contribution in [3.8, 4) is 0 Å². The predicted molar refractivity (Wildman–Crippen MR) is 93.1 cm³/mol. The number of anilines is 1. The summed E-state index contributed by atoms with van der Waals surface area (Å²) in [6.45, 7) is 10.8. The quantitative estimate of drug-likeness (QED) is 0.924. The molecule has 0 bridgehead atoms. The van der Waals surface area contributed by atoms with Gasteiger partial charge in [0.05, 0.1) is 11.8 Å². The maximum absolute atomic E-state index is 12.7. The number of carbonyl (C=O) groups excluding carboxylic acids is 1. The molecule has 2 fully saturated rings. The van der Waals surface area contributed by atoms with E-state index in [0.29, 0.717) is 13.1 Å². The van der Waals surface area contributed by atoms with Crippen molar-refractivity contribution in [2.75, 3.05) is 31.1 Å². The van der Waals surface area contributed by atoms with Gasteiger partial charge in [0.1, 0.15) is 0 Å². The summed E-state index contributed by atoms with van der Waals surface area (Å²) in [5.74, 6) is -1.76. The van der Waals surface area contributed by atoms with Crippen LogP contribution in [0.2, 0.25) is 0 Å². The van der Waals surface area contributed by atoms with Crippen molar-refractivity contribution in [3.63, 3.8) is 0 Å². The number of benzene rings is 1. The van der Waals surface area contributed by atoms with E-state index >= 15 is 0 Å². The van der Waals surface area contributed by atoms with Crippen molar-refractivity contribution in [1.29, 1.82) is 0 Å². The van der Waals surface area contributed by atoms with Gasteiger partial charge in [0, 0.05) is 31.9 Å². The Morgan fingerprint density at radius 2 is 1.71 bits per heavy atom. The zero-order valence-electron chi connectivity index (χ0n) is 14.9. The lowest BCUT2D eigenvalue weighted by Crippen LogP contribution is -2.49. The predicted octanol–water partition coefficient (Wildman–Crippen LogP) is 2.31. The van der Waals surface area contributed by atoms with Gasteiger partial charge in [0.25, 0.3) is 0 Å². The first kappa shape index (κ1) is 16.8. The second-order valence-electron chi connectivity index (χ2n) is 7.72. The molecule has 1 aliphatic carbocycles. The molecule has 5 nitrogen and oxygen atoms in total. The largest absolute Gasteiger partial charge is 0.481 e. The van der Waals surface area contributed by atoms with Gasteiger partial charge in [-0.15, -0.1) is 0 Å². The van der Waals surface area contributed by atoms with Gasteiger partial charge in [-0.3, -0.25) is 9.59 Å². The number of rotatable bonds is 3. The van der Waals surface area contributed by atoms with Crippen molar-refractivity contribution >= 4 is 17.6 Å². The molecule has 0 spiro atoms. The van der Waals surface area contributed by atoms with Gasteiger partial charge in [-0.2, -0.15) is 0 Å². The number of hydrogen-bond donors (Lipinski definition) is 1. The zero-order valence-corrected chi connectivity index (χ0v) is 14.9. The summed E-state index contributed by atoms with van der Waals surface area (Å²) >= 11 is 0. The van der Waals surface area contributed by atoms with Crippen LogP contribution in [0.15, 0.2) is 18.2 Å². The number of hydrogen-bond acceptors (Lipinski definition) is 3. The minimum Gasteiger partial charge on any atom is -0.481 e. The summed E-state index contributed by atoms with van der Waals surface area (Å²) in [6, 6.07) is 6.43. The van der Waals surface area contributed by atoms with Crippen LogP contribution < -0.4 is 4.90 Å². The van der Waals surface area contributed by atoms with Crippen molar-refractivity contribution in [2.45, 2.75) is 27.7 Å². The zero-order chi connectivity index (χ0) is 17.6. The lowest BCUT2D eigenvalue weighted by Gasteiger charge is -2.37. The van der Waals surface area contributed by atoms with E-state index in [1.54, 1.807) is 0 Å². The highest BCUT2D eigenvalue weighted by molar-refractivity contribution is 5.91. The molecule has 1 heterocycles. The summed E-state index contributed by atoms with van der Waals surface area (Å²) in [4.78, 5) is 28.2. The lowest BCUT2D eigenvalue weighted by molar-refractivity contribution is -0.142. The molecule has 1 saturated heterocycles. The maximum Gasteiger partial charge on any atom is 0.307 e. The molecule has 1 aromatic rings. The Hall–Kier alpha value is -2.04. The number of aliphatic carboxylic acids is 1. The number of nitrogens with zero attached hydrogens (tertiary/aromatic N) is 2. The van der Waals surface area contributed by atoms with Crippen LogP contribution in [-0.4, -0.2) is 48.1 Å².